The highest BCUT2D eigenvalue weighted by Crippen LogP contribution is 2.19. The number of aromatic nitrogens is 4. The fraction of sp³-hybridized carbons (Fsp3) is 0.192. The van der Waals surface area contributed by atoms with Crippen LogP contribution in [-0.4, -0.2) is 31.6 Å². The van der Waals surface area contributed by atoms with Crippen LogP contribution in [0.4, 0.5) is 44.2 Å². The van der Waals surface area contributed by atoms with Gasteiger partial charge in [0.2, 0.25) is 17.8 Å². The molecule has 0 saturated heterocycles. The van der Waals surface area contributed by atoms with Crippen LogP contribution in [-0.2, 0) is 11.3 Å². The Morgan fingerprint density at radius 2 is 1.39 bits per heavy atom. The summed E-state index contributed by atoms with van der Waals surface area (Å²) in [7, 11) is 0. The highest BCUT2D eigenvalue weighted by Gasteiger charge is 2.16. The summed E-state index contributed by atoms with van der Waals surface area (Å²) in [5.41, 5.74) is 1.44. The van der Waals surface area contributed by atoms with E-state index in [4.69, 9.17) is 4.74 Å². The van der Waals surface area contributed by atoms with Crippen LogP contribution < -0.4 is 21.3 Å². The maximum atomic E-state index is 13.3. The summed E-state index contributed by atoms with van der Waals surface area (Å²) in [6, 6.07) is 20.6. The minimum atomic E-state index is -0.618. The number of ether oxygens (including phenoxy) is 1. The van der Waals surface area contributed by atoms with Crippen LogP contribution >= 0.6 is 12.4 Å². The maximum Gasteiger partial charge on any atom is 0.413 e. The number of nitrogens with zero attached hydrogens (tertiary/aromatic N) is 4. The third-order valence-corrected chi connectivity index (χ3v) is 4.63. The minimum absolute atomic E-state index is 0. The molecule has 12 heteroatoms. The highest BCUT2D eigenvalue weighted by atomic mass is 35.5. The zero-order chi connectivity index (χ0) is 26.3. The van der Waals surface area contributed by atoms with Crippen molar-refractivity contribution in [2.24, 2.45) is 0 Å². The Hall–Kier alpha value is -4.51. The van der Waals surface area contributed by atoms with E-state index in [1.54, 1.807) is 51.1 Å². The first-order valence-corrected chi connectivity index (χ1v) is 11.5. The molecule has 0 aliphatic rings. The lowest BCUT2D eigenvalue weighted by atomic mass is 10.2. The minimum Gasteiger partial charge on any atom is -0.444 e. The van der Waals surface area contributed by atoms with Crippen molar-refractivity contribution in [1.82, 2.24) is 19.9 Å². The summed E-state index contributed by atoms with van der Waals surface area (Å²) >= 11 is 0. The molecule has 4 rings (SSSR count). The van der Waals surface area contributed by atoms with Gasteiger partial charge in [-0.05, 0) is 69.3 Å². The molecule has 38 heavy (non-hydrogen) atoms. The van der Waals surface area contributed by atoms with E-state index in [1.165, 1.54) is 12.1 Å². The molecule has 4 N–H and O–H groups in total. The van der Waals surface area contributed by atoms with Crippen LogP contribution in [0.1, 0.15) is 26.5 Å². The van der Waals surface area contributed by atoms with Gasteiger partial charge in [0.15, 0.2) is 0 Å². The van der Waals surface area contributed by atoms with Gasteiger partial charge in [0, 0.05) is 11.4 Å². The average Bonchev–Trinajstić information content (AvgIpc) is 2.84. The lowest BCUT2D eigenvalue weighted by Crippen LogP contribution is -2.27. The van der Waals surface area contributed by atoms with Gasteiger partial charge in [-0.2, -0.15) is 15.0 Å². The van der Waals surface area contributed by atoms with Gasteiger partial charge in [-0.1, -0.05) is 24.3 Å². The number of nitrogens with one attached hydrogen (secondary N) is 4. The van der Waals surface area contributed by atoms with E-state index in [1.807, 2.05) is 30.3 Å². The second-order valence-electron chi connectivity index (χ2n) is 8.92. The van der Waals surface area contributed by atoms with Gasteiger partial charge in [-0.15, -0.1) is 12.4 Å². The predicted octanol–water partition coefficient (Wildman–Crippen LogP) is 6.27. The van der Waals surface area contributed by atoms with Gasteiger partial charge < -0.3 is 20.7 Å². The van der Waals surface area contributed by atoms with E-state index in [9.17, 15) is 9.18 Å². The fourth-order valence-corrected chi connectivity index (χ4v) is 3.11. The Labute approximate surface area is 225 Å². The Bertz CT molecular complexity index is 1350. The number of para-hydroxylation sites is 1. The molecule has 2 heterocycles. The largest absolute Gasteiger partial charge is 0.444 e. The second kappa shape index (κ2) is 12.6. The van der Waals surface area contributed by atoms with Gasteiger partial charge in [-0.25, -0.2) is 14.2 Å². The Morgan fingerprint density at radius 1 is 0.789 bits per heavy atom. The van der Waals surface area contributed by atoms with E-state index in [0.29, 0.717) is 23.1 Å². The SMILES string of the molecule is CC(C)(C)OC(=O)Nc1cccc(CNc2nc(Nc3ccccc3)nc(Nc3ccc(F)cc3)n2)n1.Cl. The first kappa shape index (κ1) is 28.1. The molecular weight excluding hydrogens is 511 g/mol. The first-order chi connectivity index (χ1) is 17.7. The molecule has 2 aromatic heterocycles. The molecule has 0 fully saturated rings. The molecule has 1 amide bonds. The molecule has 0 spiro atoms. The normalized spacial score (nSPS) is 10.6. The predicted molar refractivity (Wildman–Crippen MR) is 148 cm³/mol. The van der Waals surface area contributed by atoms with Crippen molar-refractivity contribution in [2.45, 2.75) is 32.9 Å². The number of benzene rings is 2. The first-order valence-electron chi connectivity index (χ1n) is 11.5. The van der Waals surface area contributed by atoms with Crippen LogP contribution in [0.5, 0.6) is 0 Å². The highest BCUT2D eigenvalue weighted by molar-refractivity contribution is 5.85. The van der Waals surface area contributed by atoms with E-state index >= 15 is 0 Å². The topological polar surface area (TPSA) is 126 Å². The molecule has 4 aromatic rings. The van der Waals surface area contributed by atoms with Gasteiger partial charge in [0.05, 0.1) is 12.2 Å². The number of anilines is 6. The number of pyridine rings is 1. The number of carbonyl (C=O) groups excluding carboxylic acids is 1. The van der Waals surface area contributed by atoms with Crippen molar-refractivity contribution in [1.29, 1.82) is 0 Å². The molecule has 0 bridgehead atoms. The van der Waals surface area contributed by atoms with E-state index in [-0.39, 0.29) is 36.7 Å². The number of hydrogen-bond acceptors (Lipinski definition) is 9. The van der Waals surface area contributed by atoms with Crippen molar-refractivity contribution >= 4 is 53.5 Å². The maximum absolute atomic E-state index is 13.3. The molecule has 10 nitrogen and oxygen atoms in total. The molecule has 0 unspecified atom stereocenters. The molecule has 0 radical (unpaired) electrons. The van der Waals surface area contributed by atoms with E-state index < -0.39 is 11.7 Å². The van der Waals surface area contributed by atoms with Crippen LogP contribution in [0, 0.1) is 5.82 Å². The molecular formula is C26H28ClFN8O2. The zero-order valence-corrected chi connectivity index (χ0v) is 21.8. The number of hydrogen-bond donors (Lipinski definition) is 4. The van der Waals surface area contributed by atoms with Crippen molar-refractivity contribution in [3.8, 4) is 0 Å². The van der Waals surface area contributed by atoms with Crippen molar-refractivity contribution < 1.29 is 13.9 Å². The molecule has 198 valence electrons. The van der Waals surface area contributed by atoms with Gasteiger partial charge >= 0.3 is 6.09 Å². The lowest BCUT2D eigenvalue weighted by molar-refractivity contribution is 0.0635. The molecule has 0 atom stereocenters. The molecule has 0 aliphatic carbocycles. The number of amides is 1. The summed E-state index contributed by atoms with van der Waals surface area (Å²) in [5, 5.41) is 12.0. The Kier molecular flexibility index (Phi) is 9.33. The van der Waals surface area contributed by atoms with E-state index in [0.717, 1.165) is 5.69 Å². The third-order valence-electron chi connectivity index (χ3n) is 4.63. The number of carbonyl (C=O) groups is 1. The second-order valence-corrected chi connectivity index (χ2v) is 8.92. The number of rotatable bonds is 8. The van der Waals surface area contributed by atoms with Crippen LogP contribution in [0.3, 0.4) is 0 Å². The summed E-state index contributed by atoms with van der Waals surface area (Å²) in [6.45, 7) is 5.63. The summed E-state index contributed by atoms with van der Waals surface area (Å²) < 4.78 is 18.6. The van der Waals surface area contributed by atoms with E-state index in [2.05, 4.69) is 41.2 Å². The van der Waals surface area contributed by atoms with Gasteiger partial charge in [0.25, 0.3) is 0 Å². The Morgan fingerprint density at radius 3 is 2.03 bits per heavy atom. The standard InChI is InChI=1S/C26H27FN8O2.ClH/c1-26(2,3)37-25(36)32-21-11-7-10-20(29-21)16-28-22-33-23(30-18-8-5-4-6-9-18)35-24(34-22)31-19-14-12-17(27)13-15-19;/h4-15H,16H2,1-3H3,(H,29,32,36)(H3,28,30,31,33,34,35);1H. The summed E-state index contributed by atoms with van der Waals surface area (Å²) in [6.07, 6.45) is -0.587. The molecule has 2 aromatic carbocycles. The monoisotopic (exact) mass is 538 g/mol. The van der Waals surface area contributed by atoms with Crippen LogP contribution in [0.15, 0.2) is 72.8 Å². The van der Waals surface area contributed by atoms with Gasteiger partial charge in [-0.3, -0.25) is 5.32 Å². The van der Waals surface area contributed by atoms with Gasteiger partial charge in [0.1, 0.15) is 17.2 Å². The Balaban J connectivity index is 0.00000400. The van der Waals surface area contributed by atoms with Crippen molar-refractivity contribution in [3.63, 3.8) is 0 Å². The van der Waals surface area contributed by atoms with Crippen LogP contribution in [0.25, 0.3) is 0 Å². The van der Waals surface area contributed by atoms with Crippen molar-refractivity contribution in [3.05, 3.63) is 84.3 Å². The number of halogens is 2. The van der Waals surface area contributed by atoms with Crippen LogP contribution in [0.2, 0.25) is 0 Å². The molecule has 0 saturated carbocycles. The smallest absolute Gasteiger partial charge is 0.413 e. The average molecular weight is 539 g/mol. The lowest BCUT2D eigenvalue weighted by Gasteiger charge is -2.19. The van der Waals surface area contributed by atoms with Crippen molar-refractivity contribution in [2.75, 3.05) is 21.3 Å². The summed E-state index contributed by atoms with van der Waals surface area (Å²) in [4.78, 5) is 29.8. The zero-order valence-electron chi connectivity index (χ0n) is 21.0. The summed E-state index contributed by atoms with van der Waals surface area (Å²) in [5.74, 6) is 0.864. The third kappa shape index (κ3) is 8.86. The quantitative estimate of drug-likeness (QED) is 0.205. The fourth-order valence-electron chi connectivity index (χ4n) is 3.11. The molecule has 0 aliphatic heterocycles.